The average Bonchev–Trinajstić information content (AvgIpc) is 2.68. The summed E-state index contributed by atoms with van der Waals surface area (Å²) in [6, 6.07) is 23.6. The number of benzene rings is 3. The van der Waals surface area contributed by atoms with Gasteiger partial charge in [-0.15, -0.1) is 10.2 Å². The fourth-order valence-electron chi connectivity index (χ4n) is 2.76. The van der Waals surface area contributed by atoms with Crippen molar-refractivity contribution in [2.24, 2.45) is 0 Å². The van der Waals surface area contributed by atoms with Gasteiger partial charge in [-0.2, -0.15) is 0 Å². The standard InChI is InChI=1S/C21H15NO3.ClHO4/c23-16-8-4-7-15(11-16)22-19-13-21(14-5-2-1-3-6-14)25-20-10-9-17(24)12-18(19)20;2-1(3,4)5/h1-13,23-24H;(H,2,3,4,5). The Morgan fingerprint density at radius 1 is 0.733 bits per heavy atom. The zero-order chi connectivity index (χ0) is 21.7. The monoisotopic (exact) mass is 429 g/mol. The molecule has 1 heterocycles. The first-order chi connectivity index (χ1) is 14.2. The van der Waals surface area contributed by atoms with E-state index in [-0.39, 0.29) is 11.5 Å². The molecule has 0 aliphatic rings. The first-order valence-electron chi connectivity index (χ1n) is 8.52. The molecule has 0 unspecified atom stereocenters. The van der Waals surface area contributed by atoms with E-state index >= 15 is 0 Å². The third-order valence-corrected chi connectivity index (χ3v) is 3.93. The lowest BCUT2D eigenvalue weighted by atomic mass is 10.1. The first-order valence-corrected chi connectivity index (χ1v) is 9.75. The van der Waals surface area contributed by atoms with E-state index in [1.165, 1.54) is 0 Å². The number of fused-ring (bicyclic) bond motifs is 1. The van der Waals surface area contributed by atoms with Gasteiger partial charge in [-0.25, -0.2) is 23.6 Å². The zero-order valence-corrected chi connectivity index (χ0v) is 16.1. The van der Waals surface area contributed by atoms with Gasteiger partial charge < -0.3 is 14.6 Å². The predicted molar refractivity (Wildman–Crippen MR) is 95.2 cm³/mol. The normalized spacial score (nSPS) is 11.8. The summed E-state index contributed by atoms with van der Waals surface area (Å²) in [5, 5.41) is 21.1. The Balaban J connectivity index is 0.000000461. The third kappa shape index (κ3) is 6.05. The molecule has 8 nitrogen and oxygen atoms in total. The van der Waals surface area contributed by atoms with Crippen LogP contribution in [0.3, 0.4) is 0 Å². The van der Waals surface area contributed by atoms with E-state index in [0.29, 0.717) is 11.3 Å². The molecule has 0 bridgehead atoms. The van der Waals surface area contributed by atoms with Crippen LogP contribution in [-0.4, -0.2) is 10.2 Å². The lowest BCUT2D eigenvalue weighted by Crippen LogP contribution is -2.70. The van der Waals surface area contributed by atoms with Crippen molar-refractivity contribution in [1.82, 2.24) is 0 Å². The molecule has 30 heavy (non-hydrogen) atoms. The highest BCUT2D eigenvalue weighted by Gasteiger charge is 2.10. The van der Waals surface area contributed by atoms with E-state index in [2.05, 4.69) is 4.99 Å². The SMILES string of the molecule is Oc1cccc([NH+]=c2cc(-c3ccccc3)oc3ccc(O)cc23)c1.[O-][Cl+3]([O-])([O-])[O-]. The van der Waals surface area contributed by atoms with E-state index in [1.54, 1.807) is 36.4 Å². The van der Waals surface area contributed by atoms with Crippen LogP contribution in [-0.2, 0) is 0 Å². The Morgan fingerprint density at radius 2 is 1.40 bits per heavy atom. The minimum absolute atomic E-state index is 0.161. The highest BCUT2D eigenvalue weighted by Crippen LogP contribution is 2.23. The lowest BCUT2D eigenvalue weighted by Gasteiger charge is -2.17. The second kappa shape index (κ2) is 8.95. The molecule has 154 valence electrons. The second-order valence-electron chi connectivity index (χ2n) is 6.12. The molecule has 0 fully saturated rings. The third-order valence-electron chi connectivity index (χ3n) is 3.93. The fourth-order valence-corrected chi connectivity index (χ4v) is 2.76. The molecular formula is C21H16ClNO7. The maximum atomic E-state index is 9.84. The van der Waals surface area contributed by atoms with Crippen molar-refractivity contribution in [2.45, 2.75) is 0 Å². The quantitative estimate of drug-likeness (QED) is 0.334. The fraction of sp³-hybridized carbons (Fsp3) is 0. The summed E-state index contributed by atoms with van der Waals surface area (Å²) < 4.78 is 40.0. The minimum atomic E-state index is -4.94. The number of phenols is 2. The number of phenolic OH excluding ortho intramolecular Hbond substituents is 2. The summed E-state index contributed by atoms with van der Waals surface area (Å²) in [5.74, 6) is 1.05. The molecule has 0 spiro atoms. The predicted octanol–water partition coefficient (Wildman–Crippen LogP) is -1.93. The van der Waals surface area contributed by atoms with Gasteiger partial charge >= 0.3 is 0 Å². The van der Waals surface area contributed by atoms with Gasteiger partial charge in [-0.3, -0.25) is 0 Å². The molecule has 4 rings (SSSR count). The van der Waals surface area contributed by atoms with Crippen molar-refractivity contribution in [3.63, 3.8) is 0 Å². The van der Waals surface area contributed by atoms with Crippen LogP contribution in [0.5, 0.6) is 11.5 Å². The van der Waals surface area contributed by atoms with Gasteiger partial charge in [0, 0.05) is 11.6 Å². The molecule has 3 aromatic carbocycles. The van der Waals surface area contributed by atoms with Crippen molar-refractivity contribution >= 4 is 16.7 Å². The lowest BCUT2D eigenvalue weighted by molar-refractivity contribution is -2.00. The van der Waals surface area contributed by atoms with Crippen LogP contribution in [0.1, 0.15) is 0 Å². The zero-order valence-electron chi connectivity index (χ0n) is 15.3. The Kier molecular flexibility index (Phi) is 6.36. The Morgan fingerprint density at radius 3 is 2.07 bits per heavy atom. The van der Waals surface area contributed by atoms with Gasteiger partial charge in [0.1, 0.15) is 22.8 Å². The van der Waals surface area contributed by atoms with E-state index in [0.717, 1.165) is 22.0 Å². The summed E-state index contributed by atoms with van der Waals surface area (Å²) in [5.41, 5.74) is 2.35. The summed E-state index contributed by atoms with van der Waals surface area (Å²) >= 11 is 0. The van der Waals surface area contributed by atoms with Crippen LogP contribution in [0, 0.1) is 10.2 Å². The van der Waals surface area contributed by atoms with Crippen molar-refractivity contribution in [3.05, 3.63) is 84.2 Å². The summed E-state index contributed by atoms with van der Waals surface area (Å²) in [7, 11) is -4.94. The molecule has 1 aromatic heterocycles. The Bertz CT molecular complexity index is 1210. The van der Waals surface area contributed by atoms with Gasteiger partial charge in [-0.1, -0.05) is 36.4 Å². The van der Waals surface area contributed by atoms with Gasteiger partial charge in [0.05, 0.1) is 17.5 Å². The van der Waals surface area contributed by atoms with Gasteiger partial charge in [0.25, 0.3) is 0 Å². The molecule has 0 saturated carbocycles. The smallest absolute Gasteiger partial charge is 0.218 e. The maximum Gasteiger partial charge on any atom is 0.218 e. The molecule has 0 radical (unpaired) electrons. The highest BCUT2D eigenvalue weighted by atomic mass is 35.7. The molecule has 0 saturated heterocycles. The topological polar surface area (TPSA) is 160 Å². The maximum absolute atomic E-state index is 9.84. The summed E-state index contributed by atoms with van der Waals surface area (Å²) in [4.78, 5) is 3.29. The molecule has 0 atom stereocenters. The van der Waals surface area contributed by atoms with Crippen LogP contribution in [0.15, 0.2) is 83.3 Å². The molecular weight excluding hydrogens is 414 g/mol. The van der Waals surface area contributed by atoms with Crippen LogP contribution < -0.4 is 29.0 Å². The number of hydrogen-bond acceptors (Lipinski definition) is 7. The van der Waals surface area contributed by atoms with Crippen LogP contribution in [0.2, 0.25) is 0 Å². The van der Waals surface area contributed by atoms with E-state index in [1.807, 2.05) is 42.5 Å². The average molecular weight is 430 g/mol. The van der Waals surface area contributed by atoms with Crippen molar-refractivity contribution < 1.29 is 48.5 Å². The second-order valence-corrected chi connectivity index (χ2v) is 6.88. The minimum Gasteiger partial charge on any atom is -0.508 e. The van der Waals surface area contributed by atoms with Gasteiger partial charge in [0.15, 0.2) is 0 Å². The number of hydrogen-bond donors (Lipinski definition) is 3. The van der Waals surface area contributed by atoms with E-state index < -0.39 is 10.2 Å². The van der Waals surface area contributed by atoms with Gasteiger partial charge in [0.2, 0.25) is 11.0 Å². The van der Waals surface area contributed by atoms with E-state index in [9.17, 15) is 10.2 Å². The largest absolute Gasteiger partial charge is 0.508 e. The van der Waals surface area contributed by atoms with Crippen molar-refractivity contribution in [3.8, 4) is 22.8 Å². The molecule has 0 aliphatic carbocycles. The Labute approximate surface area is 172 Å². The summed E-state index contributed by atoms with van der Waals surface area (Å²) in [6.07, 6.45) is 0. The van der Waals surface area contributed by atoms with E-state index in [4.69, 9.17) is 23.1 Å². The highest BCUT2D eigenvalue weighted by molar-refractivity contribution is 5.79. The number of nitrogens with one attached hydrogen (secondary N) is 1. The van der Waals surface area contributed by atoms with Crippen LogP contribution >= 0.6 is 0 Å². The van der Waals surface area contributed by atoms with Crippen molar-refractivity contribution in [1.29, 1.82) is 0 Å². The van der Waals surface area contributed by atoms with Gasteiger partial charge in [-0.05, 0) is 24.3 Å². The number of halogens is 1. The Hall–Kier alpha value is -3.40. The molecule has 4 aromatic rings. The number of rotatable bonds is 2. The molecule has 0 amide bonds. The molecule has 3 N–H and O–H groups in total. The summed E-state index contributed by atoms with van der Waals surface area (Å²) in [6.45, 7) is 0. The van der Waals surface area contributed by atoms with Crippen LogP contribution in [0.25, 0.3) is 22.3 Å². The van der Waals surface area contributed by atoms with Crippen molar-refractivity contribution in [2.75, 3.05) is 0 Å². The molecule has 9 heteroatoms. The van der Waals surface area contributed by atoms with Crippen LogP contribution in [0.4, 0.5) is 5.69 Å². The molecule has 0 aliphatic heterocycles. The first kappa shape index (κ1) is 21.3. The number of aromatic hydroxyl groups is 2.